The van der Waals surface area contributed by atoms with Gasteiger partial charge in [0.15, 0.2) is 0 Å². The van der Waals surface area contributed by atoms with Crippen LogP contribution in [0.2, 0.25) is 0 Å². The van der Waals surface area contributed by atoms with Crippen molar-refractivity contribution in [2.75, 3.05) is 55.4 Å². The first-order chi connectivity index (χ1) is 8.21. The van der Waals surface area contributed by atoms with E-state index in [0.29, 0.717) is 0 Å². The first kappa shape index (κ1) is 34.5. The van der Waals surface area contributed by atoms with Gasteiger partial charge >= 0.3 is 0 Å². The van der Waals surface area contributed by atoms with E-state index in [2.05, 4.69) is 42.3 Å². The van der Waals surface area contributed by atoms with Crippen LogP contribution in [0.4, 0.5) is 0 Å². The van der Waals surface area contributed by atoms with E-state index in [4.69, 9.17) is 0 Å². The van der Waals surface area contributed by atoms with E-state index in [1.165, 1.54) is 64.5 Å². The minimum atomic E-state index is 0. The zero-order chi connectivity index (χ0) is 14.1. The van der Waals surface area contributed by atoms with E-state index in [0.717, 1.165) is 8.97 Å². The van der Waals surface area contributed by atoms with Crippen LogP contribution in [0.3, 0.4) is 0 Å². The Morgan fingerprint density at radius 1 is 0.455 bits per heavy atom. The fraction of sp³-hybridized carbons (Fsp3) is 1.00. The van der Waals surface area contributed by atoms with Crippen molar-refractivity contribution in [2.24, 2.45) is 0 Å². The van der Waals surface area contributed by atoms with Crippen LogP contribution in [0.15, 0.2) is 0 Å². The first-order valence-corrected chi connectivity index (χ1v) is 7.82. The second kappa shape index (κ2) is 18.5. The maximum atomic E-state index is 2.29. The zero-order valence-corrected chi connectivity index (χ0v) is 19.8. The smallest absolute Gasteiger partial charge is 0.0780 e. The fourth-order valence-electron chi connectivity index (χ4n) is 2.23. The van der Waals surface area contributed by atoms with Crippen molar-refractivity contribution in [1.82, 2.24) is 6.15 Å². The summed E-state index contributed by atoms with van der Waals surface area (Å²) in [4.78, 5) is 0. The van der Waals surface area contributed by atoms with Crippen LogP contribution in [-0.2, 0) is 0 Å². The molecule has 0 saturated heterocycles. The molecule has 3 nitrogen and oxygen atoms in total. The maximum Gasteiger partial charge on any atom is 0.0780 e. The van der Waals surface area contributed by atoms with E-state index in [9.17, 15) is 0 Å². The maximum absolute atomic E-state index is 2.29. The van der Waals surface area contributed by atoms with Crippen molar-refractivity contribution in [3.63, 3.8) is 0 Å². The highest BCUT2D eigenvalue weighted by molar-refractivity contribution is 5.85. The molecule has 0 fully saturated rings. The summed E-state index contributed by atoms with van der Waals surface area (Å²) in [6.07, 6.45) is 11.4. The second-order valence-corrected chi connectivity index (χ2v) is 7.86. The molecule has 0 aliphatic rings. The normalized spacial score (nSPS) is 10.6. The Morgan fingerprint density at radius 2 is 0.636 bits per heavy atom. The molecule has 0 unspecified atom stereocenters. The van der Waals surface area contributed by atoms with Gasteiger partial charge in [0, 0.05) is 0 Å². The molecule has 0 aromatic rings. The molecule has 0 saturated carbocycles. The lowest BCUT2D eigenvalue weighted by Crippen LogP contribution is -3.00. The fourth-order valence-corrected chi connectivity index (χ4v) is 2.23. The summed E-state index contributed by atoms with van der Waals surface area (Å²) in [5.74, 6) is 0. The molecule has 0 amide bonds. The van der Waals surface area contributed by atoms with Gasteiger partial charge in [-0.15, -0.1) is 12.4 Å². The summed E-state index contributed by atoms with van der Waals surface area (Å²) in [5.41, 5.74) is 0. The molecule has 0 aliphatic carbocycles. The second-order valence-electron chi connectivity index (χ2n) is 7.86. The summed E-state index contributed by atoms with van der Waals surface area (Å²) in [6.45, 7) is 2.65. The molecule has 0 spiro atoms. The van der Waals surface area contributed by atoms with Gasteiger partial charge in [0.2, 0.25) is 0 Å². The number of hydrogen-bond acceptors (Lipinski definition) is 1. The van der Waals surface area contributed by atoms with Gasteiger partial charge in [-0.05, 0) is 25.7 Å². The van der Waals surface area contributed by atoms with Crippen LogP contribution in [0.25, 0.3) is 0 Å². The zero-order valence-electron chi connectivity index (χ0n) is 15.8. The molecule has 0 bridgehead atoms. The lowest BCUT2D eigenvalue weighted by Gasteiger charge is -2.23. The summed E-state index contributed by atoms with van der Waals surface area (Å²) < 4.78 is 2.23. The van der Waals surface area contributed by atoms with E-state index in [1.807, 2.05) is 0 Å². The van der Waals surface area contributed by atoms with Crippen LogP contribution >= 0.6 is 12.4 Å². The number of rotatable bonds is 11. The van der Waals surface area contributed by atoms with Gasteiger partial charge in [0.1, 0.15) is 0 Å². The summed E-state index contributed by atoms with van der Waals surface area (Å²) >= 11 is 0. The van der Waals surface area contributed by atoms with Crippen molar-refractivity contribution in [3.8, 4) is 0 Å². The quantitative estimate of drug-likeness (QED) is 0.278. The number of halogens is 3. The van der Waals surface area contributed by atoms with Gasteiger partial charge in [-0.3, -0.25) is 0 Å². The highest BCUT2D eigenvalue weighted by atomic mass is 79.9. The van der Waals surface area contributed by atoms with Gasteiger partial charge in [-0.2, -0.15) is 0 Å². The molecule has 6 heteroatoms. The van der Waals surface area contributed by atoms with Crippen LogP contribution in [0, 0.1) is 0 Å². The first-order valence-electron chi connectivity index (χ1n) is 7.82. The topological polar surface area (TPSA) is 35.0 Å². The number of hydrogen-bond donors (Lipinski definition) is 1. The minimum Gasteiger partial charge on any atom is -1.00 e. The highest BCUT2D eigenvalue weighted by Gasteiger charge is 2.06. The molecule has 3 N–H and O–H groups in total. The Labute approximate surface area is 167 Å². The third-order valence-corrected chi connectivity index (χ3v) is 3.41. The van der Waals surface area contributed by atoms with Gasteiger partial charge in [-0.25, -0.2) is 0 Å². The molecule has 0 radical (unpaired) electrons. The molecule has 0 aromatic heterocycles. The lowest BCUT2D eigenvalue weighted by atomic mass is 10.1. The van der Waals surface area contributed by atoms with Crippen LogP contribution in [0.5, 0.6) is 0 Å². The lowest BCUT2D eigenvalue weighted by molar-refractivity contribution is -0.870. The molecule has 0 aliphatic heterocycles. The number of unbranched alkanes of at least 4 members (excludes halogenated alkanes) is 7. The predicted octanol–water partition coefficient (Wildman–Crippen LogP) is -1.89. The molecule has 142 valence electrons. The monoisotopic (exact) mass is 469 g/mol. The van der Waals surface area contributed by atoms with E-state index in [1.54, 1.807) is 0 Å². The summed E-state index contributed by atoms with van der Waals surface area (Å²) in [5, 5.41) is 0. The minimum absolute atomic E-state index is 0. The average molecular weight is 472 g/mol. The largest absolute Gasteiger partial charge is 1.00 e. The summed E-state index contributed by atoms with van der Waals surface area (Å²) in [7, 11) is 13.7. The Kier molecular flexibility index (Phi) is 28.9. The van der Waals surface area contributed by atoms with E-state index < -0.39 is 0 Å². The third kappa shape index (κ3) is 32.9. The average Bonchev–Trinajstić information content (AvgIpc) is 2.17. The Bertz CT molecular complexity index is 183. The molecule has 0 aromatic carbocycles. The molecule has 0 rings (SSSR count). The molecular formula is C16H42Br2ClN3. The van der Waals surface area contributed by atoms with E-state index in [-0.39, 0.29) is 52.5 Å². The van der Waals surface area contributed by atoms with Crippen molar-refractivity contribution in [1.29, 1.82) is 0 Å². The Morgan fingerprint density at radius 3 is 0.818 bits per heavy atom. The van der Waals surface area contributed by atoms with E-state index >= 15 is 0 Å². The molecular weight excluding hydrogens is 429 g/mol. The van der Waals surface area contributed by atoms with Gasteiger partial charge in [0.25, 0.3) is 0 Å². The molecule has 0 atom stereocenters. The van der Waals surface area contributed by atoms with Gasteiger partial charge in [-0.1, -0.05) is 25.7 Å². The van der Waals surface area contributed by atoms with Gasteiger partial charge < -0.3 is 49.1 Å². The van der Waals surface area contributed by atoms with Crippen LogP contribution in [-0.4, -0.2) is 64.3 Å². The number of nitrogens with zero attached hydrogens (tertiary/aromatic N) is 2. The highest BCUT2D eigenvalue weighted by Crippen LogP contribution is 2.10. The third-order valence-electron chi connectivity index (χ3n) is 3.41. The van der Waals surface area contributed by atoms with Crippen molar-refractivity contribution >= 4 is 12.4 Å². The predicted molar refractivity (Wildman–Crippen MR) is 95.0 cm³/mol. The summed E-state index contributed by atoms with van der Waals surface area (Å²) in [6, 6.07) is 0. The van der Waals surface area contributed by atoms with Crippen molar-refractivity contribution < 1.29 is 42.9 Å². The number of quaternary nitrogens is 2. The molecule has 22 heavy (non-hydrogen) atoms. The van der Waals surface area contributed by atoms with Crippen LogP contribution < -0.4 is 40.1 Å². The van der Waals surface area contributed by atoms with Crippen molar-refractivity contribution in [2.45, 2.75) is 51.4 Å². The Hall–Kier alpha value is 1.13. The van der Waals surface area contributed by atoms with Crippen LogP contribution in [0.1, 0.15) is 51.4 Å². The van der Waals surface area contributed by atoms with Crippen molar-refractivity contribution in [3.05, 3.63) is 0 Å². The molecule has 0 heterocycles. The Balaban J connectivity index is -0.000000241. The standard InChI is InChI=1S/C16H38N2.2BrH.ClH.H3N/c1-17(2,3)15-13-11-9-7-8-10-12-14-16-18(4,5)6;;;;/h7-16H2,1-6H3;3*1H;1H3/q+2;;;;/p-2. The SMILES string of the molecule is C[N+](C)(C)CCCCCCCCCC[N+](C)(C)C.Cl.N.[Br-].[Br-]. The van der Waals surface area contributed by atoms with Gasteiger partial charge in [0.05, 0.1) is 55.4 Å².